The van der Waals surface area contributed by atoms with Crippen LogP contribution in [0.5, 0.6) is 11.5 Å². The predicted molar refractivity (Wildman–Crippen MR) is 97.4 cm³/mol. The third-order valence-corrected chi connectivity index (χ3v) is 4.03. The summed E-state index contributed by atoms with van der Waals surface area (Å²) >= 11 is 0. The van der Waals surface area contributed by atoms with Crippen molar-refractivity contribution < 1.29 is 18.8 Å². The maximum absolute atomic E-state index is 12.3. The molecule has 1 heterocycles. The van der Waals surface area contributed by atoms with Gasteiger partial charge < -0.3 is 14.0 Å². The van der Waals surface area contributed by atoms with Crippen molar-refractivity contribution in [3.05, 3.63) is 78.4 Å². The van der Waals surface area contributed by atoms with Crippen molar-refractivity contribution in [3.63, 3.8) is 0 Å². The highest BCUT2D eigenvalue weighted by molar-refractivity contribution is 5.94. The zero-order valence-corrected chi connectivity index (χ0v) is 14.0. The van der Waals surface area contributed by atoms with E-state index in [4.69, 9.17) is 14.0 Å². The molecular weight excluding hydrogens is 330 g/mol. The molecule has 0 atom stereocenters. The zero-order chi connectivity index (χ0) is 17.9. The van der Waals surface area contributed by atoms with Gasteiger partial charge in [-0.3, -0.25) is 0 Å². The van der Waals surface area contributed by atoms with Crippen molar-refractivity contribution in [3.8, 4) is 22.8 Å². The van der Waals surface area contributed by atoms with E-state index in [2.05, 4.69) is 5.16 Å². The van der Waals surface area contributed by atoms with Crippen LogP contribution in [0.3, 0.4) is 0 Å². The Bertz CT molecular complexity index is 1050. The van der Waals surface area contributed by atoms with E-state index in [-0.39, 0.29) is 0 Å². The van der Waals surface area contributed by atoms with Crippen LogP contribution in [0.1, 0.15) is 10.4 Å². The monoisotopic (exact) mass is 345 g/mol. The van der Waals surface area contributed by atoms with Gasteiger partial charge in [0, 0.05) is 17.0 Å². The highest BCUT2D eigenvalue weighted by Gasteiger charge is 2.13. The summed E-state index contributed by atoms with van der Waals surface area (Å²) in [5.74, 6) is 0.627. The Morgan fingerprint density at radius 3 is 2.38 bits per heavy atom. The molecule has 0 saturated carbocycles. The number of nitrogens with zero attached hydrogens (tertiary/aromatic N) is 1. The number of aromatic nitrogens is 1. The molecule has 0 unspecified atom stereocenters. The minimum atomic E-state index is -0.449. The van der Waals surface area contributed by atoms with Gasteiger partial charge in [-0.05, 0) is 36.4 Å². The quantitative estimate of drug-likeness (QED) is 0.395. The lowest BCUT2D eigenvalue weighted by molar-refractivity contribution is 0.0735. The van der Waals surface area contributed by atoms with Gasteiger partial charge in [0.25, 0.3) is 0 Å². The second kappa shape index (κ2) is 6.72. The van der Waals surface area contributed by atoms with Crippen molar-refractivity contribution in [2.24, 2.45) is 0 Å². The summed E-state index contributed by atoms with van der Waals surface area (Å²) in [7, 11) is 1.57. The largest absolute Gasteiger partial charge is 0.497 e. The standard InChI is InChI=1S/C21H15NO4/c1-24-16-9-7-15(8-10-16)21(23)25-17-11-12-18-19(13-17)26-22-20(18)14-5-3-2-4-6-14/h2-13H,1H3. The van der Waals surface area contributed by atoms with Crippen molar-refractivity contribution in [2.45, 2.75) is 0 Å². The van der Waals surface area contributed by atoms with Gasteiger partial charge in [-0.15, -0.1) is 0 Å². The number of hydrogen-bond acceptors (Lipinski definition) is 5. The number of ether oxygens (including phenoxy) is 2. The molecule has 0 fully saturated rings. The Hall–Kier alpha value is -3.60. The molecule has 0 saturated heterocycles. The maximum Gasteiger partial charge on any atom is 0.343 e. The topological polar surface area (TPSA) is 61.6 Å². The number of carbonyl (C=O) groups is 1. The van der Waals surface area contributed by atoms with Gasteiger partial charge in [-0.2, -0.15) is 0 Å². The molecule has 0 radical (unpaired) electrons. The fourth-order valence-electron chi connectivity index (χ4n) is 2.68. The van der Waals surface area contributed by atoms with E-state index in [1.54, 1.807) is 43.5 Å². The normalized spacial score (nSPS) is 10.7. The summed E-state index contributed by atoms with van der Waals surface area (Å²) in [6.07, 6.45) is 0. The summed E-state index contributed by atoms with van der Waals surface area (Å²) in [6, 6.07) is 21.7. The van der Waals surface area contributed by atoms with Crippen LogP contribution in [0.4, 0.5) is 0 Å². The first-order valence-electron chi connectivity index (χ1n) is 8.06. The lowest BCUT2D eigenvalue weighted by Gasteiger charge is -2.05. The van der Waals surface area contributed by atoms with E-state index in [1.165, 1.54) is 0 Å². The Labute approximate surface area is 149 Å². The van der Waals surface area contributed by atoms with E-state index < -0.39 is 5.97 Å². The van der Waals surface area contributed by atoms with Gasteiger partial charge in [-0.25, -0.2) is 4.79 Å². The lowest BCUT2D eigenvalue weighted by Crippen LogP contribution is -2.08. The zero-order valence-electron chi connectivity index (χ0n) is 14.0. The second-order valence-electron chi connectivity index (χ2n) is 5.67. The van der Waals surface area contributed by atoms with Crippen LogP contribution in [-0.4, -0.2) is 18.2 Å². The van der Waals surface area contributed by atoms with Gasteiger partial charge in [0.1, 0.15) is 17.2 Å². The van der Waals surface area contributed by atoms with E-state index in [1.807, 2.05) is 36.4 Å². The molecule has 0 N–H and O–H groups in total. The molecule has 5 nitrogen and oxygen atoms in total. The van der Waals surface area contributed by atoms with Gasteiger partial charge >= 0.3 is 5.97 Å². The lowest BCUT2D eigenvalue weighted by atomic mass is 10.1. The molecule has 3 aromatic carbocycles. The summed E-state index contributed by atoms with van der Waals surface area (Å²) in [5, 5.41) is 5.00. The van der Waals surface area contributed by atoms with Crippen LogP contribution >= 0.6 is 0 Å². The molecule has 4 rings (SSSR count). The molecule has 0 bridgehead atoms. The third-order valence-electron chi connectivity index (χ3n) is 4.03. The molecule has 4 aromatic rings. The molecule has 1 aromatic heterocycles. The molecule has 128 valence electrons. The first kappa shape index (κ1) is 15.9. The number of benzene rings is 3. The average Bonchev–Trinajstić information content (AvgIpc) is 3.12. The van der Waals surface area contributed by atoms with Gasteiger partial charge in [0.2, 0.25) is 0 Å². The van der Waals surface area contributed by atoms with E-state index in [9.17, 15) is 4.79 Å². The second-order valence-corrected chi connectivity index (χ2v) is 5.67. The number of methoxy groups -OCH3 is 1. The van der Waals surface area contributed by atoms with Crippen LogP contribution in [-0.2, 0) is 0 Å². The molecule has 0 aliphatic carbocycles. The fourth-order valence-corrected chi connectivity index (χ4v) is 2.68. The molecule has 0 aliphatic rings. The molecule has 0 spiro atoms. The third kappa shape index (κ3) is 3.02. The van der Waals surface area contributed by atoms with Crippen molar-refractivity contribution in [2.75, 3.05) is 7.11 Å². The maximum atomic E-state index is 12.3. The first-order valence-corrected chi connectivity index (χ1v) is 8.06. The Balaban J connectivity index is 1.59. The number of esters is 1. The highest BCUT2D eigenvalue weighted by Crippen LogP contribution is 2.30. The van der Waals surface area contributed by atoms with E-state index >= 15 is 0 Å². The van der Waals surface area contributed by atoms with Crippen LogP contribution in [0.15, 0.2) is 77.3 Å². The minimum Gasteiger partial charge on any atom is -0.497 e. The van der Waals surface area contributed by atoms with Crippen molar-refractivity contribution >= 4 is 16.9 Å². The smallest absolute Gasteiger partial charge is 0.343 e. The van der Waals surface area contributed by atoms with Crippen LogP contribution in [0.25, 0.3) is 22.2 Å². The Kier molecular flexibility index (Phi) is 4.11. The van der Waals surface area contributed by atoms with Crippen molar-refractivity contribution in [1.29, 1.82) is 0 Å². The van der Waals surface area contributed by atoms with Crippen LogP contribution < -0.4 is 9.47 Å². The minimum absolute atomic E-state index is 0.397. The first-order chi connectivity index (χ1) is 12.7. The predicted octanol–water partition coefficient (Wildman–Crippen LogP) is 4.72. The Morgan fingerprint density at radius 2 is 1.65 bits per heavy atom. The highest BCUT2D eigenvalue weighted by atomic mass is 16.5. The van der Waals surface area contributed by atoms with Gasteiger partial charge in [0.15, 0.2) is 5.58 Å². The SMILES string of the molecule is COc1ccc(C(=O)Oc2ccc3c(-c4ccccc4)noc3c2)cc1. The molecule has 5 heteroatoms. The Morgan fingerprint density at radius 1 is 0.923 bits per heavy atom. The molecule has 0 aliphatic heterocycles. The number of carbonyl (C=O) groups excluding carboxylic acids is 1. The van der Waals surface area contributed by atoms with Gasteiger partial charge in [-0.1, -0.05) is 35.5 Å². The van der Waals surface area contributed by atoms with Crippen molar-refractivity contribution in [1.82, 2.24) is 5.16 Å². The number of hydrogen-bond donors (Lipinski definition) is 0. The molecular formula is C21H15NO4. The fraction of sp³-hybridized carbons (Fsp3) is 0.0476. The molecule has 26 heavy (non-hydrogen) atoms. The van der Waals surface area contributed by atoms with E-state index in [0.29, 0.717) is 22.6 Å². The summed E-state index contributed by atoms with van der Waals surface area (Å²) in [6.45, 7) is 0. The summed E-state index contributed by atoms with van der Waals surface area (Å²) < 4.78 is 15.9. The number of fused-ring (bicyclic) bond motifs is 1. The summed E-state index contributed by atoms with van der Waals surface area (Å²) in [4.78, 5) is 12.3. The number of rotatable bonds is 4. The van der Waals surface area contributed by atoms with Crippen LogP contribution in [0.2, 0.25) is 0 Å². The summed E-state index contributed by atoms with van der Waals surface area (Å²) in [5.41, 5.74) is 2.72. The van der Waals surface area contributed by atoms with Crippen LogP contribution in [0, 0.1) is 0 Å². The molecule has 0 amide bonds. The van der Waals surface area contributed by atoms with E-state index in [0.717, 1.165) is 16.6 Å². The average molecular weight is 345 g/mol. The van der Waals surface area contributed by atoms with Gasteiger partial charge in [0.05, 0.1) is 12.7 Å².